The van der Waals surface area contributed by atoms with Crippen LogP contribution in [0.3, 0.4) is 0 Å². The van der Waals surface area contributed by atoms with Gasteiger partial charge in [-0.15, -0.1) is 0 Å². The highest BCUT2D eigenvalue weighted by Gasteiger charge is 2.33. The molecule has 0 aliphatic carbocycles. The summed E-state index contributed by atoms with van der Waals surface area (Å²) in [7, 11) is 0. The van der Waals surface area contributed by atoms with E-state index in [2.05, 4.69) is 11.9 Å². The summed E-state index contributed by atoms with van der Waals surface area (Å²) in [5.41, 5.74) is -0.719. The van der Waals surface area contributed by atoms with E-state index >= 15 is 0 Å². The molecule has 0 aliphatic rings. The maximum absolute atomic E-state index is 12.8. The summed E-state index contributed by atoms with van der Waals surface area (Å²) >= 11 is 5.54. The van der Waals surface area contributed by atoms with Crippen LogP contribution in [0.1, 0.15) is 15.9 Å². The lowest BCUT2D eigenvalue weighted by Crippen LogP contribution is -2.13. The molecule has 3 nitrogen and oxygen atoms in total. The molecule has 1 N–H and O–H groups in total. The minimum atomic E-state index is -4.60. The summed E-state index contributed by atoms with van der Waals surface area (Å²) in [5, 5.41) is 1.98. The van der Waals surface area contributed by atoms with Crippen molar-refractivity contribution in [2.45, 2.75) is 6.18 Å². The third-order valence-corrected chi connectivity index (χ3v) is 3.34. The number of amides is 1. The molecular formula is C17H13ClF3NO2. The van der Waals surface area contributed by atoms with Crippen molar-refractivity contribution in [2.24, 2.45) is 0 Å². The highest BCUT2D eigenvalue weighted by Crippen LogP contribution is 2.36. The second-order valence-electron chi connectivity index (χ2n) is 4.77. The van der Waals surface area contributed by atoms with Crippen molar-refractivity contribution < 1.29 is 22.7 Å². The maximum atomic E-state index is 12.8. The summed E-state index contributed by atoms with van der Waals surface area (Å²) in [6.07, 6.45) is -3.01. The molecule has 24 heavy (non-hydrogen) atoms. The molecule has 2 rings (SSSR count). The molecule has 0 fully saturated rings. The fraction of sp³-hybridized carbons (Fsp3) is 0.118. The Morgan fingerprint density at radius 3 is 2.46 bits per heavy atom. The fourth-order valence-electron chi connectivity index (χ4n) is 1.88. The van der Waals surface area contributed by atoms with Crippen LogP contribution in [0, 0.1) is 0 Å². The highest BCUT2D eigenvalue weighted by atomic mass is 35.5. The van der Waals surface area contributed by atoms with Crippen molar-refractivity contribution in [3.8, 4) is 5.75 Å². The third kappa shape index (κ3) is 4.52. The topological polar surface area (TPSA) is 38.3 Å². The monoisotopic (exact) mass is 355 g/mol. The van der Waals surface area contributed by atoms with E-state index in [4.69, 9.17) is 16.3 Å². The number of ether oxygens (including phenoxy) is 1. The predicted molar refractivity (Wildman–Crippen MR) is 86.5 cm³/mol. The molecule has 0 atom stereocenters. The van der Waals surface area contributed by atoms with Gasteiger partial charge in [0.2, 0.25) is 0 Å². The lowest BCUT2D eigenvalue weighted by Gasteiger charge is -2.12. The molecule has 0 spiro atoms. The minimum absolute atomic E-state index is 0.00343. The molecule has 2 aromatic carbocycles. The Labute approximate surface area is 141 Å². The summed E-state index contributed by atoms with van der Waals surface area (Å²) in [5.74, 6) is 0.0121. The van der Waals surface area contributed by atoms with E-state index < -0.39 is 22.7 Å². The SMILES string of the molecule is C=CCOc1ccc(C(=O)Nc2ccc(Cl)c(C(F)(F)F)c2)cc1. The summed E-state index contributed by atoms with van der Waals surface area (Å²) in [6.45, 7) is 3.85. The summed E-state index contributed by atoms with van der Waals surface area (Å²) in [6, 6.07) is 9.37. The largest absolute Gasteiger partial charge is 0.490 e. The summed E-state index contributed by atoms with van der Waals surface area (Å²) in [4.78, 5) is 12.1. The van der Waals surface area contributed by atoms with Crippen molar-refractivity contribution in [1.82, 2.24) is 0 Å². The molecule has 1 amide bonds. The van der Waals surface area contributed by atoms with Crippen molar-refractivity contribution in [2.75, 3.05) is 11.9 Å². The number of anilines is 1. The molecule has 0 radical (unpaired) electrons. The molecule has 0 heterocycles. The van der Waals surface area contributed by atoms with Crippen molar-refractivity contribution in [3.63, 3.8) is 0 Å². The van der Waals surface area contributed by atoms with Gasteiger partial charge in [-0.25, -0.2) is 0 Å². The van der Waals surface area contributed by atoms with Gasteiger partial charge in [-0.1, -0.05) is 24.3 Å². The molecular weight excluding hydrogens is 343 g/mol. The molecule has 0 unspecified atom stereocenters. The van der Waals surface area contributed by atoms with Crippen molar-refractivity contribution in [3.05, 3.63) is 71.3 Å². The molecule has 0 aliphatic heterocycles. The first kappa shape index (κ1) is 17.9. The van der Waals surface area contributed by atoms with Crippen LogP contribution < -0.4 is 10.1 Å². The van der Waals surface area contributed by atoms with Gasteiger partial charge in [-0.3, -0.25) is 4.79 Å². The zero-order chi connectivity index (χ0) is 17.7. The van der Waals surface area contributed by atoms with Crippen LogP contribution in [0.5, 0.6) is 5.75 Å². The second kappa shape index (κ2) is 7.40. The van der Waals surface area contributed by atoms with E-state index in [-0.39, 0.29) is 11.3 Å². The van der Waals surface area contributed by atoms with Crippen LogP contribution in [-0.4, -0.2) is 12.5 Å². The first-order valence-electron chi connectivity index (χ1n) is 6.83. The van der Waals surface area contributed by atoms with E-state index in [1.54, 1.807) is 18.2 Å². The Morgan fingerprint density at radius 2 is 1.88 bits per heavy atom. The van der Waals surface area contributed by atoms with E-state index in [1.165, 1.54) is 18.2 Å². The van der Waals surface area contributed by atoms with Gasteiger partial charge in [-0.2, -0.15) is 13.2 Å². The number of benzene rings is 2. The lowest BCUT2D eigenvalue weighted by atomic mass is 10.1. The Kier molecular flexibility index (Phi) is 5.51. The Morgan fingerprint density at radius 1 is 1.21 bits per heavy atom. The Balaban J connectivity index is 2.13. The summed E-state index contributed by atoms with van der Waals surface area (Å²) < 4.78 is 43.7. The fourth-order valence-corrected chi connectivity index (χ4v) is 2.11. The number of carbonyl (C=O) groups is 1. The first-order valence-corrected chi connectivity index (χ1v) is 7.21. The molecule has 0 aromatic heterocycles. The smallest absolute Gasteiger partial charge is 0.417 e. The Bertz CT molecular complexity index is 742. The standard InChI is InChI=1S/C17H13ClF3NO2/c1-2-9-24-13-6-3-11(4-7-13)16(23)22-12-5-8-15(18)14(10-12)17(19,20)21/h2-8,10H,1,9H2,(H,22,23). The van der Waals surface area contributed by atoms with Crippen LogP contribution in [0.15, 0.2) is 55.1 Å². The molecule has 7 heteroatoms. The average molecular weight is 356 g/mol. The average Bonchev–Trinajstić information content (AvgIpc) is 2.54. The van der Waals surface area contributed by atoms with Crippen LogP contribution >= 0.6 is 11.6 Å². The van der Waals surface area contributed by atoms with Gasteiger partial charge >= 0.3 is 6.18 Å². The molecule has 0 saturated carbocycles. The van der Waals surface area contributed by atoms with Gasteiger partial charge in [0.25, 0.3) is 5.91 Å². The number of nitrogens with one attached hydrogen (secondary N) is 1. The first-order chi connectivity index (χ1) is 11.3. The zero-order valence-corrected chi connectivity index (χ0v) is 13.1. The number of alkyl halides is 3. The van der Waals surface area contributed by atoms with E-state index in [1.807, 2.05) is 0 Å². The van der Waals surface area contributed by atoms with E-state index in [9.17, 15) is 18.0 Å². The number of halogens is 4. The Hall–Kier alpha value is -2.47. The van der Waals surface area contributed by atoms with E-state index in [0.717, 1.165) is 12.1 Å². The van der Waals surface area contributed by atoms with Crippen LogP contribution in [-0.2, 0) is 6.18 Å². The van der Waals surface area contributed by atoms with Crippen molar-refractivity contribution >= 4 is 23.2 Å². The van der Waals surface area contributed by atoms with Gasteiger partial charge in [0.15, 0.2) is 0 Å². The third-order valence-electron chi connectivity index (χ3n) is 3.01. The lowest BCUT2D eigenvalue weighted by molar-refractivity contribution is -0.137. The van der Waals surface area contributed by atoms with Gasteiger partial charge in [0.1, 0.15) is 12.4 Å². The van der Waals surface area contributed by atoms with Crippen molar-refractivity contribution in [1.29, 1.82) is 0 Å². The quantitative estimate of drug-likeness (QED) is 0.751. The minimum Gasteiger partial charge on any atom is -0.490 e. The van der Waals surface area contributed by atoms with Gasteiger partial charge in [0, 0.05) is 11.3 Å². The molecule has 126 valence electrons. The molecule has 2 aromatic rings. The molecule has 0 bridgehead atoms. The second-order valence-corrected chi connectivity index (χ2v) is 5.18. The predicted octanol–water partition coefficient (Wildman–Crippen LogP) is 5.18. The number of rotatable bonds is 5. The number of hydrogen-bond acceptors (Lipinski definition) is 2. The highest BCUT2D eigenvalue weighted by molar-refractivity contribution is 6.31. The van der Waals surface area contributed by atoms with Crippen LogP contribution in [0.25, 0.3) is 0 Å². The normalized spacial score (nSPS) is 11.0. The van der Waals surface area contributed by atoms with Gasteiger partial charge in [-0.05, 0) is 42.5 Å². The van der Waals surface area contributed by atoms with Gasteiger partial charge in [0.05, 0.1) is 10.6 Å². The zero-order valence-electron chi connectivity index (χ0n) is 12.4. The van der Waals surface area contributed by atoms with Crippen LogP contribution in [0.4, 0.5) is 18.9 Å². The van der Waals surface area contributed by atoms with Gasteiger partial charge < -0.3 is 10.1 Å². The number of hydrogen-bond donors (Lipinski definition) is 1. The van der Waals surface area contributed by atoms with E-state index in [0.29, 0.717) is 12.4 Å². The maximum Gasteiger partial charge on any atom is 0.417 e. The van der Waals surface area contributed by atoms with Crippen LogP contribution in [0.2, 0.25) is 5.02 Å². The molecule has 0 saturated heterocycles. The number of carbonyl (C=O) groups excluding carboxylic acids is 1.